The number of nitrogens with one attached hydrogen (secondary N) is 2. The van der Waals surface area contributed by atoms with E-state index >= 15 is 0 Å². The van der Waals surface area contributed by atoms with Crippen LogP contribution in [0.4, 0.5) is 0 Å². The van der Waals surface area contributed by atoms with Crippen LogP contribution in [-0.4, -0.2) is 63.1 Å². The zero-order valence-corrected chi connectivity index (χ0v) is 23.2. The number of Topliss-reactive ketones (excluding diaryl/α,β-unsaturated/α-hetero) is 1. The molecule has 216 valence electrons. The van der Waals surface area contributed by atoms with E-state index in [0.29, 0.717) is 17.5 Å². The molecule has 0 fully saturated rings. The lowest BCUT2D eigenvalue weighted by molar-refractivity contribution is -0.147. The molecule has 42 heavy (non-hydrogen) atoms. The van der Waals surface area contributed by atoms with E-state index in [4.69, 9.17) is 10.4 Å². The fourth-order valence-electron chi connectivity index (χ4n) is 5.00. The van der Waals surface area contributed by atoms with Crippen molar-refractivity contribution in [1.82, 2.24) is 10.6 Å². The third-order valence-electron chi connectivity index (χ3n) is 7.11. The molecule has 0 saturated heterocycles. The number of rotatable bonds is 12. The van der Waals surface area contributed by atoms with Gasteiger partial charge in [0.25, 0.3) is 17.6 Å². The first-order valence-electron chi connectivity index (χ1n) is 13.4. The number of ketones is 1. The minimum atomic E-state index is -1.64. The van der Waals surface area contributed by atoms with Gasteiger partial charge in [0.15, 0.2) is 0 Å². The van der Waals surface area contributed by atoms with Crippen molar-refractivity contribution in [2.45, 2.75) is 50.8 Å². The smallest absolute Gasteiger partial charge is 0.325 e. The maximum atomic E-state index is 13.8. The van der Waals surface area contributed by atoms with E-state index in [9.17, 15) is 24.3 Å². The highest BCUT2D eigenvalue weighted by Gasteiger charge is 2.49. The first-order chi connectivity index (χ1) is 20.1. The number of benzene rings is 3. The van der Waals surface area contributed by atoms with Crippen LogP contribution in [0.3, 0.4) is 0 Å². The first kappa shape index (κ1) is 29.8. The monoisotopic (exact) mass is 569 g/mol. The minimum absolute atomic E-state index is 0.0333. The molecule has 0 aromatic heterocycles. The highest BCUT2D eigenvalue weighted by molar-refractivity contribution is 6.28. The molecule has 0 aliphatic carbocycles. The van der Waals surface area contributed by atoms with E-state index in [1.807, 2.05) is 56.3 Å². The van der Waals surface area contributed by atoms with Crippen LogP contribution >= 0.6 is 0 Å². The Hall–Kier alpha value is -5.15. The summed E-state index contributed by atoms with van der Waals surface area (Å²) in [6.45, 7) is 3.81. The summed E-state index contributed by atoms with van der Waals surface area (Å²) in [7, 11) is 0. The molecule has 1 aliphatic rings. The topological polar surface area (TPSA) is 171 Å². The van der Waals surface area contributed by atoms with Crippen LogP contribution in [0.25, 0.3) is 16.3 Å². The standard InChI is InChI=1S/C31H31N5O6/c1-19(2)28(35-29(40)23-14-8-12-21-11-6-7-13-22(21)23)25-17-31(42-36-25,16-20-9-4-3-5-10-20)30(41)34-24(15-27(38)39)26(37)18-33-32/h3-14,18-19,24,28H,15-17H2,1-2H3,(H,34,41)(H,35,40)(H,38,39). The zero-order valence-electron chi connectivity index (χ0n) is 23.2. The van der Waals surface area contributed by atoms with Crippen molar-refractivity contribution in [3.63, 3.8) is 0 Å². The predicted octanol–water partition coefficient (Wildman–Crippen LogP) is 3.18. The van der Waals surface area contributed by atoms with Gasteiger partial charge in [0.1, 0.15) is 6.04 Å². The summed E-state index contributed by atoms with van der Waals surface area (Å²) >= 11 is 0. The Morgan fingerprint density at radius 2 is 1.71 bits per heavy atom. The Bertz CT molecular complexity index is 1580. The molecule has 11 heteroatoms. The van der Waals surface area contributed by atoms with Gasteiger partial charge in [-0.1, -0.05) is 85.7 Å². The van der Waals surface area contributed by atoms with Crippen molar-refractivity contribution in [1.29, 1.82) is 0 Å². The van der Waals surface area contributed by atoms with Crippen LogP contribution in [0.15, 0.2) is 78.0 Å². The van der Waals surface area contributed by atoms with Crippen LogP contribution < -0.4 is 10.6 Å². The largest absolute Gasteiger partial charge is 0.481 e. The van der Waals surface area contributed by atoms with E-state index in [0.717, 1.165) is 16.3 Å². The van der Waals surface area contributed by atoms with Gasteiger partial charge in [-0.2, -0.15) is 4.79 Å². The van der Waals surface area contributed by atoms with E-state index in [2.05, 4.69) is 20.6 Å². The number of amides is 2. The molecule has 3 unspecified atom stereocenters. The third-order valence-corrected chi connectivity index (χ3v) is 7.11. The number of carboxylic acid groups (broad SMARTS) is 1. The molecular weight excluding hydrogens is 538 g/mol. The van der Waals surface area contributed by atoms with Crippen LogP contribution in [0.2, 0.25) is 0 Å². The number of carbonyl (C=O) groups excluding carboxylic acids is 3. The van der Waals surface area contributed by atoms with Gasteiger partial charge in [-0.25, -0.2) is 0 Å². The summed E-state index contributed by atoms with van der Waals surface area (Å²) in [5, 5.41) is 20.8. The Morgan fingerprint density at radius 1 is 1.02 bits per heavy atom. The molecule has 3 atom stereocenters. The molecule has 0 saturated carbocycles. The number of carboxylic acids is 1. The second-order valence-electron chi connectivity index (χ2n) is 10.5. The van der Waals surface area contributed by atoms with E-state index in [-0.39, 0.29) is 24.7 Å². The van der Waals surface area contributed by atoms with Crippen molar-refractivity contribution in [2.75, 3.05) is 0 Å². The summed E-state index contributed by atoms with van der Waals surface area (Å²) < 4.78 is 0. The van der Waals surface area contributed by atoms with Gasteiger partial charge in [-0.15, -0.1) is 0 Å². The van der Waals surface area contributed by atoms with Gasteiger partial charge in [-0.05, 0) is 28.3 Å². The summed E-state index contributed by atoms with van der Waals surface area (Å²) in [4.78, 5) is 59.5. The molecule has 3 aromatic rings. The number of fused-ring (bicyclic) bond motifs is 1. The van der Waals surface area contributed by atoms with Gasteiger partial charge >= 0.3 is 12.2 Å². The van der Waals surface area contributed by atoms with Crippen molar-refractivity contribution < 1.29 is 33.9 Å². The summed E-state index contributed by atoms with van der Waals surface area (Å²) in [6, 6.07) is 19.9. The maximum Gasteiger partial charge on any atom is 0.325 e. The normalized spacial score (nSPS) is 17.4. The lowest BCUT2D eigenvalue weighted by Crippen LogP contribution is -2.55. The fourth-order valence-corrected chi connectivity index (χ4v) is 5.00. The molecule has 11 nitrogen and oxygen atoms in total. The summed E-state index contributed by atoms with van der Waals surface area (Å²) in [5.74, 6) is -3.45. The molecule has 1 heterocycles. The lowest BCUT2D eigenvalue weighted by atomic mass is 9.84. The highest BCUT2D eigenvalue weighted by Crippen LogP contribution is 2.32. The second kappa shape index (κ2) is 13.0. The van der Waals surface area contributed by atoms with Crippen LogP contribution in [0, 0.1) is 5.92 Å². The third kappa shape index (κ3) is 6.76. The van der Waals surface area contributed by atoms with Crippen molar-refractivity contribution in [3.8, 4) is 0 Å². The van der Waals surface area contributed by atoms with Gasteiger partial charge in [0.2, 0.25) is 5.60 Å². The average Bonchev–Trinajstić information content (AvgIpc) is 3.40. The number of oxime groups is 1. The van der Waals surface area contributed by atoms with Crippen LogP contribution in [0.5, 0.6) is 0 Å². The Kier molecular flexibility index (Phi) is 9.24. The van der Waals surface area contributed by atoms with Crippen LogP contribution in [0.1, 0.15) is 42.6 Å². The van der Waals surface area contributed by atoms with Gasteiger partial charge in [-0.3, -0.25) is 19.2 Å². The van der Waals surface area contributed by atoms with E-state index < -0.39 is 41.8 Å². The van der Waals surface area contributed by atoms with E-state index in [1.54, 1.807) is 30.3 Å². The number of nitrogens with zero attached hydrogens (tertiary/aromatic N) is 3. The quantitative estimate of drug-likeness (QED) is 0.172. The molecule has 0 spiro atoms. The average molecular weight is 570 g/mol. The lowest BCUT2D eigenvalue weighted by Gasteiger charge is -2.28. The number of hydrogen-bond acceptors (Lipinski definition) is 6. The van der Waals surface area contributed by atoms with Crippen molar-refractivity contribution in [2.24, 2.45) is 11.1 Å². The van der Waals surface area contributed by atoms with Crippen molar-refractivity contribution >= 4 is 46.3 Å². The molecule has 0 radical (unpaired) electrons. The molecular formula is C31H31N5O6. The molecule has 4 rings (SSSR count). The molecule has 1 aliphatic heterocycles. The SMILES string of the molecule is CC(C)C(NC(=O)c1cccc2ccccc12)C1=NOC(Cc2ccccc2)(C(=O)NC(CC(=O)O)C(=O)C=[N+]=[N-])C1. The molecule has 2 amide bonds. The highest BCUT2D eigenvalue weighted by atomic mass is 16.7. The van der Waals surface area contributed by atoms with E-state index in [1.165, 1.54) is 0 Å². The van der Waals surface area contributed by atoms with Crippen molar-refractivity contribution in [3.05, 3.63) is 89.5 Å². The zero-order chi connectivity index (χ0) is 30.3. The Morgan fingerprint density at radius 3 is 2.40 bits per heavy atom. The maximum absolute atomic E-state index is 13.8. The molecule has 3 N–H and O–H groups in total. The van der Waals surface area contributed by atoms with Gasteiger partial charge in [0.05, 0.1) is 18.2 Å². The Balaban J connectivity index is 1.62. The molecule has 0 bridgehead atoms. The van der Waals surface area contributed by atoms with Crippen LogP contribution in [-0.2, 0) is 25.6 Å². The number of aliphatic carboxylic acids is 1. The first-order valence-corrected chi connectivity index (χ1v) is 13.4. The fraction of sp³-hybridized carbons (Fsp3) is 0.290. The predicted molar refractivity (Wildman–Crippen MR) is 155 cm³/mol. The number of hydrogen-bond donors (Lipinski definition) is 3. The minimum Gasteiger partial charge on any atom is -0.481 e. The number of carbonyl (C=O) groups is 4. The summed E-state index contributed by atoms with van der Waals surface area (Å²) in [6.07, 6.45) is -0.181. The second-order valence-corrected chi connectivity index (χ2v) is 10.5. The summed E-state index contributed by atoms with van der Waals surface area (Å²) in [5.41, 5.74) is 8.80. The molecule has 3 aromatic carbocycles. The van der Waals surface area contributed by atoms with Gasteiger partial charge in [0, 0.05) is 18.4 Å². The Labute approximate surface area is 242 Å². The van der Waals surface area contributed by atoms with Gasteiger partial charge < -0.3 is 26.1 Å².